The number of allylic oxidation sites excluding steroid dienone is 3. The van der Waals surface area contributed by atoms with Crippen LogP contribution in [0.25, 0.3) is 0 Å². The SMILES string of the molecule is O=CBNC1=C(F)CC=C1Cl. The van der Waals surface area contributed by atoms with Crippen LogP contribution in [0.5, 0.6) is 0 Å². The van der Waals surface area contributed by atoms with Crippen LogP contribution in [0.3, 0.4) is 0 Å². The van der Waals surface area contributed by atoms with Gasteiger partial charge in [0.1, 0.15) is 12.0 Å². The van der Waals surface area contributed by atoms with Gasteiger partial charge < -0.3 is 10.0 Å². The maximum absolute atomic E-state index is 12.7. The summed E-state index contributed by atoms with van der Waals surface area (Å²) < 4.78 is 12.7. The molecule has 0 saturated heterocycles. The maximum atomic E-state index is 12.7. The molecule has 0 aromatic carbocycles. The second kappa shape index (κ2) is 3.58. The van der Waals surface area contributed by atoms with Crippen LogP contribution < -0.4 is 5.23 Å². The van der Waals surface area contributed by atoms with Gasteiger partial charge in [-0.15, -0.1) is 0 Å². The van der Waals surface area contributed by atoms with Gasteiger partial charge in [-0.05, 0) is 0 Å². The van der Waals surface area contributed by atoms with Gasteiger partial charge in [-0.2, -0.15) is 0 Å². The third-order valence-electron chi connectivity index (χ3n) is 1.33. The molecule has 0 unspecified atom stereocenters. The van der Waals surface area contributed by atoms with E-state index in [9.17, 15) is 9.18 Å². The van der Waals surface area contributed by atoms with Crippen molar-refractivity contribution in [1.82, 2.24) is 5.23 Å². The molecule has 0 spiro atoms. The average molecular weight is 173 g/mol. The molecule has 1 aliphatic carbocycles. The predicted molar refractivity (Wildman–Crippen MR) is 43.7 cm³/mol. The van der Waals surface area contributed by atoms with Gasteiger partial charge in [0.15, 0.2) is 0 Å². The minimum Gasteiger partial charge on any atom is -0.421 e. The summed E-state index contributed by atoms with van der Waals surface area (Å²) in [6, 6.07) is 0. The predicted octanol–water partition coefficient (Wildman–Crippen LogP) is 0.825. The summed E-state index contributed by atoms with van der Waals surface area (Å²) in [5.74, 6) is -0.308. The molecule has 0 bridgehead atoms. The van der Waals surface area contributed by atoms with Crippen molar-refractivity contribution in [2.75, 3.05) is 0 Å². The Morgan fingerprint density at radius 3 is 3.00 bits per heavy atom. The fourth-order valence-electron chi connectivity index (χ4n) is 0.837. The summed E-state index contributed by atoms with van der Waals surface area (Å²) in [6.45, 7) is 0. The first-order chi connectivity index (χ1) is 5.25. The molecule has 2 nitrogen and oxygen atoms in total. The van der Waals surface area contributed by atoms with Crippen molar-refractivity contribution in [1.29, 1.82) is 0 Å². The highest BCUT2D eigenvalue weighted by atomic mass is 35.5. The lowest BCUT2D eigenvalue weighted by molar-refractivity contribution is 0.568. The second-order valence-electron chi connectivity index (χ2n) is 2.08. The Balaban J connectivity index is 2.60. The van der Waals surface area contributed by atoms with Crippen LogP contribution in [0.15, 0.2) is 22.6 Å². The summed E-state index contributed by atoms with van der Waals surface area (Å²) in [4.78, 5) is 9.90. The van der Waals surface area contributed by atoms with Gasteiger partial charge in [-0.1, -0.05) is 17.7 Å². The Hall–Kier alpha value is -0.765. The zero-order chi connectivity index (χ0) is 8.27. The van der Waals surface area contributed by atoms with E-state index in [1.54, 1.807) is 6.08 Å². The molecule has 0 saturated carbocycles. The van der Waals surface area contributed by atoms with E-state index in [-0.39, 0.29) is 25.4 Å². The first-order valence-electron chi connectivity index (χ1n) is 3.18. The van der Waals surface area contributed by atoms with Crippen LogP contribution in [0.2, 0.25) is 0 Å². The van der Waals surface area contributed by atoms with Gasteiger partial charge in [-0.3, -0.25) is 0 Å². The van der Waals surface area contributed by atoms with Gasteiger partial charge in [0.2, 0.25) is 0 Å². The third-order valence-corrected chi connectivity index (χ3v) is 1.68. The molecular weight excluding hydrogens is 167 g/mol. The van der Waals surface area contributed by atoms with Gasteiger partial charge in [0.05, 0.1) is 10.7 Å². The van der Waals surface area contributed by atoms with Crippen molar-refractivity contribution < 1.29 is 9.18 Å². The van der Waals surface area contributed by atoms with E-state index in [1.165, 1.54) is 0 Å². The monoisotopic (exact) mass is 173 g/mol. The summed E-state index contributed by atoms with van der Waals surface area (Å²) in [7, 11) is 0.0901. The third kappa shape index (κ3) is 1.83. The van der Waals surface area contributed by atoms with Crippen LogP contribution in [0.4, 0.5) is 4.39 Å². The lowest BCUT2D eigenvalue weighted by atomic mass is 9.98. The van der Waals surface area contributed by atoms with E-state index in [4.69, 9.17) is 11.6 Å². The van der Waals surface area contributed by atoms with Crippen molar-refractivity contribution in [3.05, 3.63) is 22.6 Å². The van der Waals surface area contributed by atoms with Crippen LogP contribution in [-0.4, -0.2) is 13.6 Å². The molecule has 58 valence electrons. The number of hydrogen-bond acceptors (Lipinski definition) is 2. The van der Waals surface area contributed by atoms with Crippen LogP contribution in [0.1, 0.15) is 6.42 Å². The molecule has 11 heavy (non-hydrogen) atoms. The molecule has 0 radical (unpaired) electrons. The topological polar surface area (TPSA) is 29.1 Å². The molecule has 0 amide bonds. The van der Waals surface area contributed by atoms with Crippen molar-refractivity contribution >= 4 is 25.2 Å². The number of rotatable bonds is 3. The Labute approximate surface area is 69.4 Å². The Morgan fingerprint density at radius 1 is 1.82 bits per heavy atom. The molecule has 0 aliphatic heterocycles. The Bertz CT molecular complexity index is 239. The molecule has 1 aliphatic rings. The highest BCUT2D eigenvalue weighted by molar-refractivity contribution is 6.65. The van der Waals surface area contributed by atoms with Crippen molar-refractivity contribution in [2.45, 2.75) is 6.42 Å². The number of halogens is 2. The molecule has 0 atom stereocenters. The second-order valence-corrected chi connectivity index (χ2v) is 2.49. The van der Waals surface area contributed by atoms with E-state index in [0.717, 1.165) is 0 Å². The van der Waals surface area contributed by atoms with E-state index >= 15 is 0 Å². The first kappa shape index (κ1) is 8.33. The lowest BCUT2D eigenvalue weighted by Gasteiger charge is -2.01. The largest absolute Gasteiger partial charge is 0.421 e. The summed E-state index contributed by atoms with van der Waals surface area (Å²) in [6.07, 6.45) is 2.44. The Kier molecular flexibility index (Phi) is 2.71. The summed E-state index contributed by atoms with van der Waals surface area (Å²) >= 11 is 5.59. The van der Waals surface area contributed by atoms with E-state index < -0.39 is 0 Å². The van der Waals surface area contributed by atoms with Crippen molar-refractivity contribution in [2.24, 2.45) is 0 Å². The normalized spacial score (nSPS) is 16.4. The number of hydrogen-bond donors (Lipinski definition) is 1. The molecule has 1 rings (SSSR count). The standard InChI is InChI=1S/C6H6BClFNO/c8-4-1-2-5(9)6(4)10-7-3-11/h1,3,7,10H,2H2. The van der Waals surface area contributed by atoms with Gasteiger partial charge in [0, 0.05) is 6.42 Å². The van der Waals surface area contributed by atoms with Crippen LogP contribution in [0, 0.1) is 0 Å². The number of carbonyl (C=O) groups is 1. The minimum absolute atomic E-state index is 0.0901. The van der Waals surface area contributed by atoms with E-state index in [2.05, 4.69) is 5.23 Å². The molecule has 5 heteroatoms. The quantitative estimate of drug-likeness (QED) is 0.506. The minimum atomic E-state index is -0.308. The number of nitrogens with one attached hydrogen (secondary N) is 1. The average Bonchev–Trinajstić information content (AvgIpc) is 2.29. The molecule has 0 fully saturated rings. The van der Waals surface area contributed by atoms with Gasteiger partial charge in [-0.25, -0.2) is 4.39 Å². The highest BCUT2D eigenvalue weighted by Crippen LogP contribution is 2.27. The Morgan fingerprint density at radius 2 is 2.55 bits per heavy atom. The first-order valence-corrected chi connectivity index (χ1v) is 3.55. The molecule has 0 aromatic heterocycles. The molecule has 0 aromatic rings. The fraction of sp³-hybridized carbons (Fsp3) is 0.167. The van der Waals surface area contributed by atoms with E-state index in [1.807, 2.05) is 0 Å². The van der Waals surface area contributed by atoms with Gasteiger partial charge in [0.25, 0.3) is 0 Å². The van der Waals surface area contributed by atoms with Crippen LogP contribution in [-0.2, 0) is 4.79 Å². The van der Waals surface area contributed by atoms with Crippen molar-refractivity contribution in [3.8, 4) is 0 Å². The van der Waals surface area contributed by atoms with Crippen molar-refractivity contribution in [3.63, 3.8) is 0 Å². The summed E-state index contributed by atoms with van der Waals surface area (Å²) in [5.41, 5.74) is 0.249. The molecular formula is C6H6BClFNO. The highest BCUT2D eigenvalue weighted by Gasteiger charge is 2.14. The lowest BCUT2D eigenvalue weighted by Crippen LogP contribution is -2.19. The molecule has 0 heterocycles. The van der Waals surface area contributed by atoms with E-state index in [0.29, 0.717) is 11.2 Å². The van der Waals surface area contributed by atoms with Crippen LogP contribution >= 0.6 is 11.6 Å². The number of carbonyl (C=O) groups excluding carboxylic acids is 1. The smallest absolute Gasteiger partial charge is 0.308 e. The maximum Gasteiger partial charge on any atom is 0.308 e. The van der Waals surface area contributed by atoms with Gasteiger partial charge >= 0.3 is 7.41 Å². The molecule has 1 N–H and O–H groups in total. The zero-order valence-corrected chi connectivity index (χ0v) is 6.49. The fourth-order valence-corrected chi connectivity index (χ4v) is 1.08. The summed E-state index contributed by atoms with van der Waals surface area (Å²) in [5, 5.41) is 2.92. The zero-order valence-electron chi connectivity index (χ0n) is 5.73.